The van der Waals surface area contributed by atoms with Gasteiger partial charge in [-0.1, -0.05) is 0 Å². The van der Waals surface area contributed by atoms with Crippen LogP contribution in [0.25, 0.3) is 0 Å². The normalized spacial score (nSPS) is 77.8. The SMILES string of the molecule is OC[C@@]12[C@H]3[C@H]4[C@H]5[C@H](C[C@@H]41)[C@H]2C(F)(F)[C@@H]53. The topological polar surface area (TPSA) is 20.2 Å². The average molecular weight is 198 g/mol. The number of aliphatic hydroxyl groups excluding tert-OH is 1. The molecule has 0 aromatic rings. The monoisotopic (exact) mass is 198 g/mol. The number of hydrogen-bond donors (Lipinski definition) is 1. The summed E-state index contributed by atoms with van der Waals surface area (Å²) in [5.41, 5.74) is -0.307. The minimum Gasteiger partial charge on any atom is -0.396 e. The molecule has 6 fully saturated rings. The van der Waals surface area contributed by atoms with Crippen LogP contribution in [0.1, 0.15) is 6.42 Å². The summed E-state index contributed by atoms with van der Waals surface area (Å²) in [6.45, 7) is 0.0266. The van der Waals surface area contributed by atoms with Crippen molar-refractivity contribution in [3.05, 3.63) is 0 Å². The third kappa shape index (κ3) is 0.329. The van der Waals surface area contributed by atoms with E-state index < -0.39 is 11.8 Å². The highest BCUT2D eigenvalue weighted by Gasteiger charge is 2.97. The van der Waals surface area contributed by atoms with Crippen molar-refractivity contribution in [2.24, 2.45) is 46.8 Å². The molecule has 76 valence electrons. The van der Waals surface area contributed by atoms with Crippen LogP contribution in [0.15, 0.2) is 0 Å². The molecular weight excluding hydrogens is 186 g/mol. The Labute approximate surface area is 80.5 Å². The summed E-state index contributed by atoms with van der Waals surface area (Å²) >= 11 is 0. The molecule has 0 saturated heterocycles. The first kappa shape index (κ1) is 7.15. The van der Waals surface area contributed by atoms with Crippen molar-refractivity contribution >= 4 is 0 Å². The number of halogens is 2. The van der Waals surface area contributed by atoms with Gasteiger partial charge in [0, 0.05) is 23.9 Å². The van der Waals surface area contributed by atoms with E-state index in [0.717, 1.165) is 6.42 Å². The summed E-state index contributed by atoms with van der Waals surface area (Å²) in [7, 11) is 0. The average Bonchev–Trinajstić information content (AvgIpc) is 2.54. The van der Waals surface area contributed by atoms with Gasteiger partial charge < -0.3 is 5.11 Å². The lowest BCUT2D eigenvalue weighted by atomic mass is 9.34. The van der Waals surface area contributed by atoms with Gasteiger partial charge in [-0.25, -0.2) is 8.78 Å². The van der Waals surface area contributed by atoms with E-state index >= 15 is 0 Å². The van der Waals surface area contributed by atoms with Crippen LogP contribution in [0.5, 0.6) is 0 Å². The zero-order chi connectivity index (χ0) is 9.46. The van der Waals surface area contributed by atoms with E-state index in [2.05, 4.69) is 0 Å². The first-order chi connectivity index (χ1) is 6.65. The second-order valence-corrected chi connectivity index (χ2v) is 6.14. The van der Waals surface area contributed by atoms with E-state index in [1.807, 2.05) is 0 Å². The maximum absolute atomic E-state index is 13.9. The Balaban J connectivity index is 1.82. The minimum atomic E-state index is -2.43. The Morgan fingerprint density at radius 2 is 2.00 bits per heavy atom. The van der Waals surface area contributed by atoms with Gasteiger partial charge in [0.1, 0.15) is 0 Å². The summed E-state index contributed by atoms with van der Waals surface area (Å²) in [4.78, 5) is 0. The number of alkyl halides is 2. The van der Waals surface area contributed by atoms with E-state index in [-0.39, 0.29) is 29.8 Å². The van der Waals surface area contributed by atoms with Crippen molar-refractivity contribution in [2.45, 2.75) is 12.3 Å². The first-order valence-corrected chi connectivity index (χ1v) is 5.64. The number of aliphatic hydroxyl groups is 1. The molecule has 4 bridgehead atoms. The Kier molecular flexibility index (Phi) is 0.755. The zero-order valence-corrected chi connectivity index (χ0v) is 7.66. The molecule has 1 N–H and O–H groups in total. The summed E-state index contributed by atoms with van der Waals surface area (Å²) in [6, 6.07) is 0. The number of hydrogen-bond acceptors (Lipinski definition) is 1. The second-order valence-electron chi connectivity index (χ2n) is 6.14. The van der Waals surface area contributed by atoms with Gasteiger partial charge in [0.15, 0.2) is 0 Å². The smallest absolute Gasteiger partial charge is 0.255 e. The molecule has 14 heavy (non-hydrogen) atoms. The quantitative estimate of drug-likeness (QED) is 0.674. The van der Waals surface area contributed by atoms with Gasteiger partial charge in [-0.05, 0) is 36.0 Å². The highest BCUT2D eigenvalue weighted by molar-refractivity contribution is 5.41. The third-order valence-corrected chi connectivity index (χ3v) is 6.60. The van der Waals surface area contributed by atoms with Gasteiger partial charge in [-0.3, -0.25) is 0 Å². The van der Waals surface area contributed by atoms with E-state index in [1.165, 1.54) is 0 Å². The van der Waals surface area contributed by atoms with Crippen LogP contribution in [0.4, 0.5) is 8.78 Å². The summed E-state index contributed by atoms with van der Waals surface area (Å²) in [6.07, 6.45) is 1.00. The Morgan fingerprint density at radius 1 is 1.21 bits per heavy atom. The lowest BCUT2D eigenvalue weighted by Gasteiger charge is -2.69. The fourth-order valence-electron chi connectivity index (χ4n) is 6.75. The fourth-order valence-corrected chi connectivity index (χ4v) is 6.75. The minimum absolute atomic E-state index is 0.0266. The van der Waals surface area contributed by atoms with E-state index in [0.29, 0.717) is 17.8 Å². The highest BCUT2D eigenvalue weighted by Crippen LogP contribution is 2.96. The van der Waals surface area contributed by atoms with Gasteiger partial charge in [-0.2, -0.15) is 0 Å². The van der Waals surface area contributed by atoms with Crippen molar-refractivity contribution in [2.75, 3.05) is 6.61 Å². The summed E-state index contributed by atoms with van der Waals surface area (Å²) < 4.78 is 27.9. The zero-order valence-electron chi connectivity index (χ0n) is 7.66. The van der Waals surface area contributed by atoms with Gasteiger partial charge in [0.25, 0.3) is 5.92 Å². The number of rotatable bonds is 1. The molecule has 3 heteroatoms. The molecule has 6 aliphatic rings. The molecule has 8 atom stereocenters. The molecule has 6 rings (SSSR count). The lowest BCUT2D eigenvalue weighted by molar-refractivity contribution is -0.256. The van der Waals surface area contributed by atoms with Crippen molar-refractivity contribution in [3.63, 3.8) is 0 Å². The first-order valence-electron chi connectivity index (χ1n) is 5.64. The third-order valence-electron chi connectivity index (χ3n) is 6.60. The van der Waals surface area contributed by atoms with Crippen molar-refractivity contribution in [1.82, 2.24) is 0 Å². The standard InChI is InChI=1S/C11H12F2O/c12-11(13)8-5-3-1-4-6(5)7(8)10(4,2-14)9(3)11/h3-9,14H,1-2H2/t3-,4-,5+,6+,7-,8-,9+,10-/m0/s1. The lowest BCUT2D eigenvalue weighted by Crippen LogP contribution is -2.69. The molecule has 0 amide bonds. The van der Waals surface area contributed by atoms with Crippen molar-refractivity contribution < 1.29 is 13.9 Å². The fraction of sp³-hybridized carbons (Fsp3) is 1.00. The van der Waals surface area contributed by atoms with Crippen LogP contribution in [0.3, 0.4) is 0 Å². The van der Waals surface area contributed by atoms with Gasteiger partial charge in [0.05, 0.1) is 0 Å². The molecule has 0 aromatic carbocycles. The predicted molar refractivity (Wildman–Crippen MR) is 43.5 cm³/mol. The largest absolute Gasteiger partial charge is 0.396 e. The van der Waals surface area contributed by atoms with Crippen LogP contribution in [0, 0.1) is 46.8 Å². The molecule has 0 unspecified atom stereocenters. The van der Waals surface area contributed by atoms with Crippen molar-refractivity contribution in [1.29, 1.82) is 0 Å². The molecule has 6 aliphatic carbocycles. The predicted octanol–water partition coefficient (Wildman–Crippen LogP) is 1.37. The Morgan fingerprint density at radius 3 is 2.64 bits per heavy atom. The molecule has 0 heterocycles. The summed E-state index contributed by atoms with van der Waals surface area (Å²) in [5.74, 6) is -1.26. The van der Waals surface area contributed by atoms with E-state index in [9.17, 15) is 13.9 Å². The van der Waals surface area contributed by atoms with Crippen LogP contribution in [-0.2, 0) is 0 Å². The maximum atomic E-state index is 13.9. The Bertz CT molecular complexity index is 368. The van der Waals surface area contributed by atoms with Crippen LogP contribution >= 0.6 is 0 Å². The Hall–Kier alpha value is -0.180. The molecule has 0 spiro atoms. The van der Waals surface area contributed by atoms with Gasteiger partial charge >= 0.3 is 0 Å². The molecule has 0 aliphatic heterocycles. The van der Waals surface area contributed by atoms with Gasteiger partial charge in [0.2, 0.25) is 0 Å². The van der Waals surface area contributed by atoms with E-state index in [4.69, 9.17) is 0 Å². The maximum Gasteiger partial charge on any atom is 0.255 e. The molecule has 0 radical (unpaired) electrons. The van der Waals surface area contributed by atoms with Crippen LogP contribution in [0.2, 0.25) is 0 Å². The molecule has 1 nitrogen and oxygen atoms in total. The van der Waals surface area contributed by atoms with Crippen molar-refractivity contribution in [3.8, 4) is 0 Å². The molecule has 6 saturated carbocycles. The van der Waals surface area contributed by atoms with E-state index in [1.54, 1.807) is 0 Å². The van der Waals surface area contributed by atoms with Crippen LogP contribution in [-0.4, -0.2) is 17.6 Å². The summed E-state index contributed by atoms with van der Waals surface area (Å²) in [5, 5.41) is 9.48. The van der Waals surface area contributed by atoms with Gasteiger partial charge in [-0.15, -0.1) is 0 Å². The highest BCUT2D eigenvalue weighted by atomic mass is 19.3. The second kappa shape index (κ2) is 1.48. The molecular formula is C11H12F2O. The van der Waals surface area contributed by atoms with Crippen LogP contribution < -0.4 is 0 Å². The molecule has 0 aromatic heterocycles.